The summed E-state index contributed by atoms with van der Waals surface area (Å²) in [7, 11) is 3.16. The first-order valence-corrected chi connectivity index (χ1v) is 16.7. The number of nitrogens with zero attached hydrogens (tertiary/aromatic N) is 2. The monoisotopic (exact) mass is 639 g/mol. The van der Waals surface area contributed by atoms with E-state index >= 15 is 0 Å². The number of benzene rings is 2. The highest BCUT2D eigenvalue weighted by atomic mass is 16.7. The highest BCUT2D eigenvalue weighted by Gasteiger charge is 2.45. The quantitative estimate of drug-likeness (QED) is 0.103. The molecule has 5 rings (SSSR count). The number of hydrogen-bond acceptors (Lipinski definition) is 6. The van der Waals surface area contributed by atoms with Crippen LogP contribution in [0.25, 0.3) is 0 Å². The third-order valence-electron chi connectivity index (χ3n) is 9.67. The first kappa shape index (κ1) is 34.6. The molecule has 0 bridgehead atoms. The highest BCUT2D eigenvalue weighted by Crippen LogP contribution is 2.48. The summed E-state index contributed by atoms with van der Waals surface area (Å²) in [5.74, 6) is -0.329. The van der Waals surface area contributed by atoms with E-state index in [0.29, 0.717) is 18.8 Å². The summed E-state index contributed by atoms with van der Waals surface area (Å²) in [5, 5.41) is 0. The Morgan fingerprint density at radius 2 is 1.79 bits per heavy atom. The molecular weight excluding hydrogens is 588 g/mol. The largest absolute Gasteiger partial charge is 0.465 e. The maximum absolute atomic E-state index is 12.4. The molecule has 2 aromatic rings. The number of hydrogen-bond donors (Lipinski definition) is 0. The number of esters is 1. The van der Waals surface area contributed by atoms with Crippen molar-refractivity contribution in [3.63, 3.8) is 0 Å². The molecule has 0 amide bonds. The number of methoxy groups -OCH3 is 2. The Morgan fingerprint density at radius 1 is 1.02 bits per heavy atom. The van der Waals surface area contributed by atoms with E-state index in [4.69, 9.17) is 18.9 Å². The number of ether oxygens (including phenoxy) is 4. The van der Waals surface area contributed by atoms with Gasteiger partial charge in [-0.3, -0.25) is 0 Å². The zero-order chi connectivity index (χ0) is 33.8. The molecule has 250 valence electrons. The van der Waals surface area contributed by atoms with Crippen molar-refractivity contribution in [2.75, 3.05) is 45.4 Å². The Balaban J connectivity index is 1.42. The van der Waals surface area contributed by atoms with Gasteiger partial charge in [-0.05, 0) is 64.0 Å². The fraction of sp³-hybridized carbons (Fsp3) is 0.450. The molecule has 0 N–H and O–H groups in total. The molecule has 1 fully saturated rings. The van der Waals surface area contributed by atoms with Gasteiger partial charge in [0.25, 0.3) is 0 Å². The second-order valence-electron chi connectivity index (χ2n) is 13.6. The van der Waals surface area contributed by atoms with Crippen molar-refractivity contribution >= 4 is 23.1 Å². The van der Waals surface area contributed by atoms with E-state index in [1.807, 2.05) is 18.2 Å². The van der Waals surface area contributed by atoms with Crippen molar-refractivity contribution in [3.05, 3.63) is 107 Å². The van der Waals surface area contributed by atoms with Crippen LogP contribution in [0.15, 0.2) is 84.6 Å². The molecule has 3 heterocycles. The molecule has 0 aromatic heterocycles. The molecule has 1 atom stereocenters. The average Bonchev–Trinajstić information content (AvgIpc) is 3.70. The number of fused-ring (bicyclic) bond motifs is 2. The Hall–Kier alpha value is -3.78. The predicted octanol–water partition coefficient (Wildman–Crippen LogP) is 7.70. The molecule has 0 aliphatic carbocycles. The topological polar surface area (TPSA) is 60.2 Å². The van der Waals surface area contributed by atoms with Crippen LogP contribution < -0.4 is 4.90 Å². The summed E-state index contributed by atoms with van der Waals surface area (Å²) in [6.07, 6.45) is 16.8. The maximum Gasteiger partial charge on any atom is 0.337 e. The maximum atomic E-state index is 12.4. The van der Waals surface area contributed by atoms with Crippen LogP contribution in [-0.2, 0) is 29.8 Å². The summed E-state index contributed by atoms with van der Waals surface area (Å²) < 4.78 is 24.2. The number of carbonyl (C=O) groups is 1. The number of carbonyl (C=O) groups excluding carboxylic acids is 1. The van der Waals surface area contributed by atoms with E-state index in [9.17, 15) is 4.79 Å². The molecule has 7 nitrogen and oxygen atoms in total. The third-order valence-corrected chi connectivity index (χ3v) is 9.67. The first-order valence-electron chi connectivity index (χ1n) is 16.7. The smallest absolute Gasteiger partial charge is 0.337 e. The van der Waals surface area contributed by atoms with Gasteiger partial charge in [-0.25, -0.2) is 4.79 Å². The number of anilines is 1. The van der Waals surface area contributed by atoms with Crippen molar-refractivity contribution in [1.29, 1.82) is 0 Å². The lowest BCUT2D eigenvalue weighted by atomic mass is 9.81. The Morgan fingerprint density at radius 3 is 2.51 bits per heavy atom. The lowest BCUT2D eigenvalue weighted by Crippen LogP contribution is -2.28. The van der Waals surface area contributed by atoms with Crippen molar-refractivity contribution in [3.8, 4) is 0 Å². The summed E-state index contributed by atoms with van der Waals surface area (Å²) in [6, 6.07) is 12.6. The standard InChI is InChI=1S/C40H51N2O5/c1-28-17-19-33-31(26-28)39(3,4)35(41(33)22-13-12-14-29(2)44-7)15-10-9-11-16-36-40(5,6)32-27-30(38(43)45-8)18-20-34(32)42(36)23-21-37-46-24-25-47-37/h9-12,14-20,26-27,29,37H,13,21-25H2,1-8H3/q+1/b14-12+. The molecule has 3 aliphatic heterocycles. The van der Waals surface area contributed by atoms with Crippen LogP contribution in [0.4, 0.5) is 11.4 Å². The van der Waals surface area contributed by atoms with Crippen molar-refractivity contribution in [1.82, 2.24) is 0 Å². The highest BCUT2D eigenvalue weighted by molar-refractivity contribution is 6.04. The molecule has 3 aliphatic rings. The number of allylic oxidation sites excluding steroid dienone is 6. The van der Waals surface area contributed by atoms with Gasteiger partial charge in [-0.2, -0.15) is 4.58 Å². The van der Waals surface area contributed by atoms with Gasteiger partial charge in [0.2, 0.25) is 5.69 Å². The molecular formula is C40H51N2O5+. The molecule has 7 heteroatoms. The van der Waals surface area contributed by atoms with Gasteiger partial charge in [0, 0.05) is 48.2 Å². The van der Waals surface area contributed by atoms with E-state index < -0.39 is 0 Å². The van der Waals surface area contributed by atoms with Gasteiger partial charge in [0.1, 0.15) is 0 Å². The average molecular weight is 640 g/mol. The second-order valence-corrected chi connectivity index (χ2v) is 13.6. The Bertz CT molecular complexity index is 1620. The van der Waals surface area contributed by atoms with Gasteiger partial charge in [0.15, 0.2) is 18.5 Å². The van der Waals surface area contributed by atoms with Gasteiger partial charge >= 0.3 is 5.97 Å². The predicted molar refractivity (Wildman–Crippen MR) is 189 cm³/mol. The minimum atomic E-state index is -0.329. The van der Waals surface area contributed by atoms with Crippen LogP contribution >= 0.6 is 0 Å². The van der Waals surface area contributed by atoms with Crippen LogP contribution in [0.2, 0.25) is 0 Å². The third kappa shape index (κ3) is 7.23. The Labute approximate surface area is 280 Å². The van der Waals surface area contributed by atoms with E-state index in [1.165, 1.54) is 29.6 Å². The molecule has 0 saturated carbocycles. The summed E-state index contributed by atoms with van der Waals surface area (Å²) >= 11 is 0. The van der Waals surface area contributed by atoms with Crippen LogP contribution in [0.3, 0.4) is 0 Å². The van der Waals surface area contributed by atoms with Gasteiger partial charge in [-0.1, -0.05) is 61.9 Å². The Kier molecular flexibility index (Phi) is 10.7. The number of rotatable bonds is 12. The molecule has 1 unspecified atom stereocenters. The first-order chi connectivity index (χ1) is 22.5. The van der Waals surface area contributed by atoms with E-state index in [-0.39, 0.29) is 29.2 Å². The van der Waals surface area contributed by atoms with Crippen LogP contribution in [0.5, 0.6) is 0 Å². The van der Waals surface area contributed by atoms with Gasteiger partial charge < -0.3 is 23.8 Å². The SMILES string of the molecule is COC(=O)c1ccc2c(c1)C(C)(C)C(/C=C/C=C/C=C1/N(CC/C=C/C(C)OC)c3ccc(C)cc3C1(C)C)=[N+]2CCC1OCCO1. The zero-order valence-corrected chi connectivity index (χ0v) is 29.3. The van der Waals surface area contributed by atoms with E-state index in [2.05, 4.69) is 112 Å². The fourth-order valence-corrected chi connectivity index (χ4v) is 6.93. The molecule has 0 spiro atoms. The fourth-order valence-electron chi connectivity index (χ4n) is 6.93. The zero-order valence-electron chi connectivity index (χ0n) is 29.3. The molecule has 2 aromatic carbocycles. The molecule has 1 saturated heterocycles. The lowest BCUT2D eigenvalue weighted by Gasteiger charge is -2.26. The minimum Gasteiger partial charge on any atom is -0.465 e. The summed E-state index contributed by atoms with van der Waals surface area (Å²) in [4.78, 5) is 14.9. The van der Waals surface area contributed by atoms with Crippen molar-refractivity contribution < 1.29 is 28.3 Å². The van der Waals surface area contributed by atoms with Crippen molar-refractivity contribution in [2.24, 2.45) is 0 Å². The van der Waals surface area contributed by atoms with Crippen LogP contribution in [0.1, 0.15) is 74.5 Å². The summed E-state index contributed by atoms with van der Waals surface area (Å²) in [5.41, 5.74) is 8.67. The summed E-state index contributed by atoms with van der Waals surface area (Å²) in [6.45, 7) is 16.2. The lowest BCUT2D eigenvalue weighted by molar-refractivity contribution is -0.442. The van der Waals surface area contributed by atoms with Crippen molar-refractivity contribution in [2.45, 2.75) is 77.6 Å². The number of aryl methyl sites for hydroxylation is 1. The van der Waals surface area contributed by atoms with Crippen LogP contribution in [-0.4, -0.2) is 69.2 Å². The molecule has 47 heavy (non-hydrogen) atoms. The normalized spacial score (nSPS) is 20.3. The van der Waals surface area contributed by atoms with E-state index in [0.717, 1.165) is 42.9 Å². The van der Waals surface area contributed by atoms with Gasteiger partial charge in [-0.15, -0.1) is 0 Å². The minimum absolute atomic E-state index is 0.107. The molecule has 0 radical (unpaired) electrons. The van der Waals surface area contributed by atoms with E-state index in [1.54, 1.807) is 7.11 Å². The van der Waals surface area contributed by atoms with Crippen LogP contribution in [0, 0.1) is 6.92 Å². The van der Waals surface area contributed by atoms with Gasteiger partial charge in [0.05, 0.1) is 43.8 Å². The second kappa shape index (κ2) is 14.5.